The van der Waals surface area contributed by atoms with Gasteiger partial charge in [-0.2, -0.15) is 5.10 Å². The second-order valence-corrected chi connectivity index (χ2v) is 8.45. The van der Waals surface area contributed by atoms with Gasteiger partial charge in [-0.15, -0.1) is 0 Å². The number of amides is 1. The van der Waals surface area contributed by atoms with Crippen LogP contribution in [0.4, 0.5) is 0 Å². The molecule has 8 heteroatoms. The summed E-state index contributed by atoms with van der Waals surface area (Å²) < 4.78 is 4.36. The zero-order valence-electron chi connectivity index (χ0n) is 18.9. The van der Waals surface area contributed by atoms with Crippen LogP contribution < -0.4 is 11.2 Å². The Morgan fingerprint density at radius 3 is 2.31 bits per heavy atom. The lowest BCUT2D eigenvalue weighted by Gasteiger charge is -2.21. The normalized spacial score (nSPS) is 14.6. The van der Waals surface area contributed by atoms with Crippen LogP contribution in [0.2, 0.25) is 0 Å². The Balaban J connectivity index is 1.77. The first-order chi connectivity index (χ1) is 15.5. The fraction of sp³-hybridized carbons (Fsp3) is 0.500. The molecule has 32 heavy (non-hydrogen) atoms. The average molecular weight is 438 g/mol. The van der Waals surface area contributed by atoms with Gasteiger partial charge in [0, 0.05) is 26.2 Å². The van der Waals surface area contributed by atoms with Crippen molar-refractivity contribution in [3.05, 3.63) is 62.4 Å². The summed E-state index contributed by atoms with van der Waals surface area (Å²) in [6.45, 7) is 5.83. The molecule has 1 aliphatic heterocycles. The van der Waals surface area contributed by atoms with Crippen LogP contribution in [0, 0.1) is 6.92 Å². The van der Waals surface area contributed by atoms with E-state index >= 15 is 0 Å². The van der Waals surface area contributed by atoms with Gasteiger partial charge in [-0.3, -0.25) is 23.4 Å². The first-order valence-corrected chi connectivity index (χ1v) is 11.5. The fourth-order valence-electron chi connectivity index (χ4n) is 4.58. The number of fused-ring (bicyclic) bond motifs is 1. The Labute approximate surface area is 187 Å². The monoisotopic (exact) mass is 437 g/mol. The predicted molar refractivity (Wildman–Crippen MR) is 124 cm³/mol. The van der Waals surface area contributed by atoms with E-state index in [2.05, 4.69) is 5.10 Å². The van der Waals surface area contributed by atoms with Gasteiger partial charge in [-0.25, -0.2) is 4.79 Å². The van der Waals surface area contributed by atoms with Crippen LogP contribution in [0.5, 0.6) is 0 Å². The average Bonchev–Trinajstić information content (AvgIpc) is 2.95. The maximum Gasteiger partial charge on any atom is 0.332 e. The molecule has 8 nitrogen and oxygen atoms in total. The molecule has 1 saturated heterocycles. The SMILES string of the molecule is CCn1nc(C)c2c1c(=O)n(CCc1ccccc1)c(=O)n2CC(=O)N1CCCCCC1. The van der Waals surface area contributed by atoms with Crippen LogP contribution in [0.3, 0.4) is 0 Å². The third-order valence-electron chi connectivity index (χ3n) is 6.29. The lowest BCUT2D eigenvalue weighted by Crippen LogP contribution is -2.44. The van der Waals surface area contributed by atoms with Crippen molar-refractivity contribution in [2.45, 2.75) is 65.6 Å². The summed E-state index contributed by atoms with van der Waals surface area (Å²) in [5.74, 6) is -0.0767. The number of rotatable bonds is 6. The van der Waals surface area contributed by atoms with E-state index in [1.165, 1.54) is 9.13 Å². The van der Waals surface area contributed by atoms with Crippen LogP contribution in [-0.2, 0) is 30.8 Å². The van der Waals surface area contributed by atoms with E-state index in [0.717, 1.165) is 44.3 Å². The number of carbonyl (C=O) groups is 1. The molecular formula is C24H31N5O3. The minimum absolute atomic E-state index is 0.0722. The van der Waals surface area contributed by atoms with Gasteiger partial charge in [0.15, 0.2) is 5.52 Å². The molecule has 1 aromatic carbocycles. The van der Waals surface area contributed by atoms with Gasteiger partial charge in [0.1, 0.15) is 12.1 Å². The van der Waals surface area contributed by atoms with Crippen molar-refractivity contribution in [3.63, 3.8) is 0 Å². The lowest BCUT2D eigenvalue weighted by atomic mass is 10.1. The lowest BCUT2D eigenvalue weighted by molar-refractivity contribution is -0.131. The minimum Gasteiger partial charge on any atom is -0.341 e. The van der Waals surface area contributed by atoms with Crippen LogP contribution in [0.25, 0.3) is 11.0 Å². The van der Waals surface area contributed by atoms with Crippen molar-refractivity contribution >= 4 is 16.9 Å². The number of aromatic nitrogens is 4. The van der Waals surface area contributed by atoms with Crippen molar-refractivity contribution in [3.8, 4) is 0 Å². The minimum atomic E-state index is -0.444. The quantitative estimate of drug-likeness (QED) is 0.593. The van der Waals surface area contributed by atoms with Crippen LogP contribution in [0.15, 0.2) is 39.9 Å². The van der Waals surface area contributed by atoms with Crippen LogP contribution >= 0.6 is 0 Å². The van der Waals surface area contributed by atoms with E-state index in [0.29, 0.717) is 29.7 Å². The van der Waals surface area contributed by atoms with Crippen LogP contribution in [0.1, 0.15) is 43.9 Å². The smallest absolute Gasteiger partial charge is 0.332 e. The summed E-state index contributed by atoms with van der Waals surface area (Å²) in [4.78, 5) is 41.8. The van der Waals surface area contributed by atoms with E-state index < -0.39 is 5.69 Å². The van der Waals surface area contributed by atoms with E-state index in [-0.39, 0.29) is 24.6 Å². The van der Waals surface area contributed by atoms with E-state index in [1.54, 1.807) is 11.6 Å². The zero-order valence-corrected chi connectivity index (χ0v) is 18.9. The fourth-order valence-corrected chi connectivity index (χ4v) is 4.58. The molecule has 1 aliphatic rings. The van der Waals surface area contributed by atoms with Gasteiger partial charge in [-0.05, 0) is 38.7 Å². The first-order valence-electron chi connectivity index (χ1n) is 11.5. The summed E-state index contributed by atoms with van der Waals surface area (Å²) >= 11 is 0. The molecule has 0 N–H and O–H groups in total. The second kappa shape index (κ2) is 9.54. The molecule has 2 aromatic heterocycles. The first kappa shape index (κ1) is 22.0. The molecule has 0 saturated carbocycles. The van der Waals surface area contributed by atoms with Crippen molar-refractivity contribution in [2.24, 2.45) is 0 Å². The largest absolute Gasteiger partial charge is 0.341 e. The predicted octanol–water partition coefficient (Wildman–Crippen LogP) is 2.33. The molecule has 1 amide bonds. The Hall–Kier alpha value is -3.16. The van der Waals surface area contributed by atoms with Crippen LogP contribution in [-0.4, -0.2) is 42.8 Å². The molecule has 0 aliphatic carbocycles. The van der Waals surface area contributed by atoms with Crippen molar-refractivity contribution < 1.29 is 4.79 Å². The molecule has 0 unspecified atom stereocenters. The maximum atomic E-state index is 13.5. The Bertz CT molecular complexity index is 1210. The number of benzene rings is 1. The van der Waals surface area contributed by atoms with Crippen molar-refractivity contribution in [1.29, 1.82) is 0 Å². The van der Waals surface area contributed by atoms with Gasteiger partial charge >= 0.3 is 5.69 Å². The Morgan fingerprint density at radius 2 is 1.66 bits per heavy atom. The Kier molecular flexibility index (Phi) is 6.58. The molecule has 1 fully saturated rings. The van der Waals surface area contributed by atoms with Crippen molar-refractivity contribution in [1.82, 2.24) is 23.8 Å². The molecule has 0 spiro atoms. The number of carbonyl (C=O) groups excluding carboxylic acids is 1. The van der Waals surface area contributed by atoms with Gasteiger partial charge in [0.05, 0.1) is 5.69 Å². The highest BCUT2D eigenvalue weighted by Crippen LogP contribution is 2.15. The van der Waals surface area contributed by atoms with E-state index in [4.69, 9.17) is 0 Å². The molecular weight excluding hydrogens is 406 g/mol. The highest BCUT2D eigenvalue weighted by molar-refractivity contribution is 5.81. The molecule has 0 bridgehead atoms. The van der Waals surface area contributed by atoms with Gasteiger partial charge in [-0.1, -0.05) is 43.2 Å². The third kappa shape index (κ3) is 4.26. The summed E-state index contributed by atoms with van der Waals surface area (Å²) in [6.07, 6.45) is 4.78. The summed E-state index contributed by atoms with van der Waals surface area (Å²) in [5, 5.41) is 4.48. The standard InChI is InChI=1S/C24H31N5O3/c1-3-29-22-21(18(2)25-29)28(17-20(30)26-14-9-4-5-10-15-26)24(32)27(23(22)31)16-13-19-11-7-6-8-12-19/h6-8,11-12H,3-5,9-10,13-17H2,1-2H3. The highest BCUT2D eigenvalue weighted by Gasteiger charge is 2.23. The number of aryl methyl sites for hydroxylation is 3. The van der Waals surface area contributed by atoms with Crippen molar-refractivity contribution in [2.75, 3.05) is 13.1 Å². The second-order valence-electron chi connectivity index (χ2n) is 8.45. The molecule has 3 aromatic rings. The Morgan fingerprint density at radius 1 is 0.969 bits per heavy atom. The van der Waals surface area contributed by atoms with E-state index in [1.807, 2.05) is 42.2 Å². The maximum absolute atomic E-state index is 13.5. The van der Waals surface area contributed by atoms with E-state index in [9.17, 15) is 14.4 Å². The molecule has 0 radical (unpaired) electrons. The number of hydrogen-bond acceptors (Lipinski definition) is 4. The third-order valence-corrected chi connectivity index (χ3v) is 6.29. The van der Waals surface area contributed by atoms with Gasteiger partial charge in [0.25, 0.3) is 5.56 Å². The molecule has 3 heterocycles. The summed E-state index contributed by atoms with van der Waals surface area (Å²) in [6, 6.07) is 9.77. The zero-order chi connectivity index (χ0) is 22.7. The topological polar surface area (TPSA) is 82.1 Å². The molecule has 4 rings (SSSR count). The highest BCUT2D eigenvalue weighted by atomic mass is 16.2. The number of likely N-dealkylation sites (tertiary alicyclic amines) is 1. The van der Waals surface area contributed by atoms with Gasteiger partial charge in [0.2, 0.25) is 5.91 Å². The number of hydrogen-bond donors (Lipinski definition) is 0. The summed E-state index contributed by atoms with van der Waals surface area (Å²) in [7, 11) is 0. The molecule has 170 valence electrons. The summed E-state index contributed by atoms with van der Waals surface area (Å²) in [5.41, 5.74) is 1.71. The van der Waals surface area contributed by atoms with Gasteiger partial charge < -0.3 is 4.90 Å². The molecule has 0 atom stereocenters. The number of nitrogens with zero attached hydrogens (tertiary/aromatic N) is 5.